The van der Waals surface area contributed by atoms with Crippen LogP contribution in [-0.4, -0.2) is 42.5 Å². The topological polar surface area (TPSA) is 53.0 Å². The van der Waals surface area contributed by atoms with Gasteiger partial charge < -0.3 is 14.7 Å². The Morgan fingerprint density at radius 2 is 2.16 bits per heavy atom. The molecular formula is C19H27FN2O3. The molecule has 2 saturated heterocycles. The maximum atomic E-state index is 14.9. The Kier molecular flexibility index (Phi) is 5.47. The van der Waals surface area contributed by atoms with E-state index in [1.54, 1.807) is 12.1 Å². The van der Waals surface area contributed by atoms with E-state index in [1.807, 2.05) is 0 Å². The molecule has 3 rings (SSSR count). The first kappa shape index (κ1) is 18.0. The molecule has 1 N–H and O–H groups in total. The largest absolute Gasteiger partial charge is 0.441 e. The van der Waals surface area contributed by atoms with E-state index in [0.717, 1.165) is 32.1 Å². The summed E-state index contributed by atoms with van der Waals surface area (Å²) in [5, 5.41) is 9.14. The van der Waals surface area contributed by atoms with Crippen molar-refractivity contribution in [3.8, 4) is 0 Å². The number of hydrogen-bond donors (Lipinski definition) is 1. The number of anilines is 2. The highest BCUT2D eigenvalue weighted by Crippen LogP contribution is 2.36. The van der Waals surface area contributed by atoms with Crippen LogP contribution in [0.1, 0.15) is 46.0 Å². The molecule has 1 aromatic rings. The third-order valence-corrected chi connectivity index (χ3v) is 5.28. The van der Waals surface area contributed by atoms with Crippen molar-refractivity contribution in [2.24, 2.45) is 0 Å². The SMILES string of the molecule is CCCCC1CCC(C)N1c1ccc(N2C[C@H](CO)OC2=O)cc1F. The number of aliphatic hydroxyl groups is 1. The van der Waals surface area contributed by atoms with Gasteiger partial charge in [-0.3, -0.25) is 4.90 Å². The Morgan fingerprint density at radius 3 is 2.80 bits per heavy atom. The Labute approximate surface area is 148 Å². The zero-order valence-electron chi connectivity index (χ0n) is 14.9. The summed E-state index contributed by atoms with van der Waals surface area (Å²) < 4.78 is 19.9. The van der Waals surface area contributed by atoms with Gasteiger partial charge in [0, 0.05) is 12.1 Å². The standard InChI is InChI=1S/C19H27FN2O3/c1-3-4-5-14-7-6-13(2)22(14)18-9-8-15(10-17(18)20)21-11-16(12-23)25-19(21)24/h8-10,13-14,16,23H,3-7,11-12H2,1-2H3/t13?,14?,16-/m1/s1. The average Bonchev–Trinajstić information content (AvgIpc) is 3.15. The molecular weight excluding hydrogens is 323 g/mol. The molecule has 0 spiro atoms. The number of ether oxygens (including phenoxy) is 1. The third-order valence-electron chi connectivity index (χ3n) is 5.28. The minimum Gasteiger partial charge on any atom is -0.441 e. The van der Waals surface area contributed by atoms with Crippen molar-refractivity contribution in [1.29, 1.82) is 0 Å². The highest BCUT2D eigenvalue weighted by Gasteiger charge is 2.34. The first-order valence-electron chi connectivity index (χ1n) is 9.22. The minimum absolute atomic E-state index is 0.229. The lowest BCUT2D eigenvalue weighted by Crippen LogP contribution is -2.35. The number of cyclic esters (lactones) is 1. The Bertz CT molecular complexity index is 625. The maximum Gasteiger partial charge on any atom is 0.414 e. The summed E-state index contributed by atoms with van der Waals surface area (Å²) in [5.41, 5.74) is 1.08. The summed E-state index contributed by atoms with van der Waals surface area (Å²) in [6, 6.07) is 5.63. The fourth-order valence-corrected chi connectivity index (χ4v) is 3.93. The van der Waals surface area contributed by atoms with Gasteiger partial charge in [0.25, 0.3) is 0 Å². The van der Waals surface area contributed by atoms with Crippen LogP contribution in [0.5, 0.6) is 0 Å². The Hall–Kier alpha value is -1.82. The molecule has 5 nitrogen and oxygen atoms in total. The molecule has 1 amide bonds. The molecule has 2 aliphatic rings. The zero-order valence-corrected chi connectivity index (χ0v) is 14.9. The summed E-state index contributed by atoms with van der Waals surface area (Å²) in [5.74, 6) is -0.312. The van der Waals surface area contributed by atoms with Crippen LogP contribution in [0.3, 0.4) is 0 Å². The fourth-order valence-electron chi connectivity index (χ4n) is 3.93. The lowest BCUT2D eigenvalue weighted by atomic mass is 10.1. The van der Waals surface area contributed by atoms with Crippen LogP contribution in [0.15, 0.2) is 18.2 Å². The third kappa shape index (κ3) is 3.59. The number of rotatable bonds is 6. The van der Waals surface area contributed by atoms with Gasteiger partial charge in [0.1, 0.15) is 11.9 Å². The van der Waals surface area contributed by atoms with E-state index < -0.39 is 12.2 Å². The van der Waals surface area contributed by atoms with Gasteiger partial charge in [0.2, 0.25) is 0 Å². The number of amides is 1. The van der Waals surface area contributed by atoms with Gasteiger partial charge in [-0.25, -0.2) is 9.18 Å². The van der Waals surface area contributed by atoms with E-state index in [2.05, 4.69) is 18.7 Å². The maximum absolute atomic E-state index is 14.9. The predicted octanol–water partition coefficient (Wildman–Crippen LogP) is 3.69. The lowest BCUT2D eigenvalue weighted by molar-refractivity contribution is 0.0963. The molecule has 1 aromatic carbocycles. The normalized spacial score (nSPS) is 26.4. The highest BCUT2D eigenvalue weighted by molar-refractivity contribution is 5.90. The molecule has 0 saturated carbocycles. The number of aliphatic hydroxyl groups excluding tert-OH is 1. The van der Waals surface area contributed by atoms with Gasteiger partial charge in [0.05, 0.1) is 24.5 Å². The zero-order chi connectivity index (χ0) is 18.0. The smallest absolute Gasteiger partial charge is 0.414 e. The van der Waals surface area contributed by atoms with Crippen LogP contribution in [0.2, 0.25) is 0 Å². The second-order valence-corrected chi connectivity index (χ2v) is 7.06. The molecule has 0 aromatic heterocycles. The summed E-state index contributed by atoms with van der Waals surface area (Å²) in [4.78, 5) is 15.5. The summed E-state index contributed by atoms with van der Waals surface area (Å²) in [6.45, 7) is 4.33. The van der Waals surface area contributed by atoms with E-state index in [9.17, 15) is 9.18 Å². The van der Waals surface area contributed by atoms with Crippen LogP contribution in [-0.2, 0) is 4.74 Å². The molecule has 2 fully saturated rings. The Balaban J connectivity index is 1.81. The first-order chi connectivity index (χ1) is 12.0. The predicted molar refractivity (Wildman–Crippen MR) is 95.6 cm³/mol. The molecule has 25 heavy (non-hydrogen) atoms. The van der Waals surface area contributed by atoms with Crippen molar-refractivity contribution in [3.63, 3.8) is 0 Å². The van der Waals surface area contributed by atoms with Gasteiger partial charge in [-0.15, -0.1) is 0 Å². The average molecular weight is 350 g/mol. The van der Waals surface area contributed by atoms with Crippen molar-refractivity contribution in [1.82, 2.24) is 0 Å². The monoisotopic (exact) mass is 350 g/mol. The van der Waals surface area contributed by atoms with E-state index in [-0.39, 0.29) is 19.0 Å². The second-order valence-electron chi connectivity index (χ2n) is 7.06. The first-order valence-corrected chi connectivity index (χ1v) is 9.22. The van der Waals surface area contributed by atoms with Crippen molar-refractivity contribution in [2.45, 2.75) is 64.1 Å². The number of carbonyl (C=O) groups is 1. The molecule has 2 heterocycles. The molecule has 2 unspecified atom stereocenters. The number of unbranched alkanes of at least 4 members (excludes halogenated alkanes) is 1. The van der Waals surface area contributed by atoms with Crippen LogP contribution in [0, 0.1) is 5.82 Å². The van der Waals surface area contributed by atoms with Gasteiger partial charge in [-0.2, -0.15) is 0 Å². The van der Waals surface area contributed by atoms with E-state index in [4.69, 9.17) is 9.84 Å². The number of carbonyl (C=O) groups excluding carboxylic acids is 1. The number of nitrogens with zero attached hydrogens (tertiary/aromatic N) is 2. The highest BCUT2D eigenvalue weighted by atomic mass is 19.1. The van der Waals surface area contributed by atoms with Crippen LogP contribution in [0.25, 0.3) is 0 Å². The van der Waals surface area contributed by atoms with Crippen molar-refractivity contribution in [2.75, 3.05) is 23.0 Å². The molecule has 3 atom stereocenters. The molecule has 138 valence electrons. The van der Waals surface area contributed by atoms with E-state index >= 15 is 0 Å². The van der Waals surface area contributed by atoms with Crippen molar-refractivity contribution in [3.05, 3.63) is 24.0 Å². The van der Waals surface area contributed by atoms with Gasteiger partial charge in [-0.1, -0.05) is 19.8 Å². The van der Waals surface area contributed by atoms with Crippen molar-refractivity contribution >= 4 is 17.5 Å². The van der Waals surface area contributed by atoms with E-state index in [0.29, 0.717) is 23.5 Å². The quantitative estimate of drug-likeness (QED) is 0.850. The summed E-state index contributed by atoms with van der Waals surface area (Å²) >= 11 is 0. The lowest BCUT2D eigenvalue weighted by Gasteiger charge is -2.31. The van der Waals surface area contributed by atoms with E-state index in [1.165, 1.54) is 11.0 Å². The minimum atomic E-state index is -0.549. The second kappa shape index (κ2) is 7.60. The van der Waals surface area contributed by atoms with Crippen molar-refractivity contribution < 1.29 is 19.0 Å². The molecule has 0 bridgehead atoms. The van der Waals surface area contributed by atoms with Gasteiger partial charge in [0.15, 0.2) is 0 Å². The fraction of sp³-hybridized carbons (Fsp3) is 0.632. The molecule has 6 heteroatoms. The summed E-state index contributed by atoms with van der Waals surface area (Å²) in [7, 11) is 0. The Morgan fingerprint density at radius 1 is 1.36 bits per heavy atom. The van der Waals surface area contributed by atoms with Crippen LogP contribution >= 0.6 is 0 Å². The summed E-state index contributed by atoms with van der Waals surface area (Å²) in [6.07, 6.45) is 4.46. The van der Waals surface area contributed by atoms with Crippen LogP contribution in [0.4, 0.5) is 20.6 Å². The van der Waals surface area contributed by atoms with Crippen LogP contribution < -0.4 is 9.80 Å². The number of hydrogen-bond acceptors (Lipinski definition) is 4. The molecule has 0 aliphatic carbocycles. The van der Waals surface area contributed by atoms with Gasteiger partial charge in [-0.05, 0) is 44.4 Å². The number of halogens is 1. The number of benzene rings is 1. The molecule has 2 aliphatic heterocycles. The molecule has 0 radical (unpaired) electrons. The van der Waals surface area contributed by atoms with Gasteiger partial charge >= 0.3 is 6.09 Å².